The second kappa shape index (κ2) is 12.6. The Hall–Kier alpha value is -0.440. The first kappa shape index (κ1) is 25.8. The number of nitrogens with one attached hydrogen (secondary N) is 2. The van der Waals surface area contributed by atoms with Crippen LogP contribution in [0.2, 0.25) is 0 Å². The average Bonchev–Trinajstić information content (AvgIpc) is 2.79. The third kappa shape index (κ3) is 5.30. The summed E-state index contributed by atoms with van der Waals surface area (Å²) in [7, 11) is 11.6. The van der Waals surface area contributed by atoms with Crippen LogP contribution in [0.4, 0.5) is 0 Å². The van der Waals surface area contributed by atoms with Crippen molar-refractivity contribution in [3.63, 3.8) is 0 Å². The van der Waals surface area contributed by atoms with Gasteiger partial charge in [-0.3, -0.25) is 0 Å². The van der Waals surface area contributed by atoms with Crippen LogP contribution in [0.5, 0.6) is 0 Å². The summed E-state index contributed by atoms with van der Waals surface area (Å²) >= 11 is 0. The number of methoxy groups -OCH3 is 5. The van der Waals surface area contributed by atoms with Crippen LogP contribution < -0.4 is 10.6 Å². The minimum absolute atomic E-state index is 0.156. The molecule has 11 nitrogen and oxygen atoms in total. The van der Waals surface area contributed by atoms with Crippen LogP contribution in [0.25, 0.3) is 0 Å². The van der Waals surface area contributed by atoms with Crippen molar-refractivity contribution in [3.05, 3.63) is 0 Å². The lowest BCUT2D eigenvalue weighted by Gasteiger charge is -2.47. The molecule has 3 N–H and O–H groups in total. The molecule has 2 aliphatic heterocycles. The van der Waals surface area contributed by atoms with Gasteiger partial charge in [-0.1, -0.05) is 0 Å². The van der Waals surface area contributed by atoms with Gasteiger partial charge in [0.05, 0.1) is 25.3 Å². The van der Waals surface area contributed by atoms with Gasteiger partial charge in [-0.05, 0) is 14.1 Å². The Morgan fingerprint density at radius 2 is 1.13 bits per heavy atom. The monoisotopic (exact) mass is 438 g/mol. The van der Waals surface area contributed by atoms with Gasteiger partial charge < -0.3 is 53.6 Å². The van der Waals surface area contributed by atoms with Gasteiger partial charge in [-0.2, -0.15) is 0 Å². The standard InChI is InChI=1S/C19H38N2O9/c1-20-12-16(25-5)15(24-4)11(30-18(12)27-7)9-28-19-13(21-2)17(26-6)14(23-3)10(8-22)29-19/h10-22H,8-9H2,1-7H3/t10?,11?,12?,13?,14-,15-,16+,17+,18+,19+/m0/s1. The molecule has 30 heavy (non-hydrogen) atoms. The molecule has 178 valence electrons. The van der Waals surface area contributed by atoms with Gasteiger partial charge in [0.25, 0.3) is 0 Å². The van der Waals surface area contributed by atoms with Crippen LogP contribution in [0.3, 0.4) is 0 Å². The summed E-state index contributed by atoms with van der Waals surface area (Å²) in [6.07, 6.45) is -3.83. The van der Waals surface area contributed by atoms with Gasteiger partial charge in [0, 0.05) is 35.5 Å². The lowest BCUT2D eigenvalue weighted by Crippen LogP contribution is -2.66. The number of rotatable bonds is 11. The Labute approximate surface area is 178 Å². The molecule has 2 saturated heterocycles. The van der Waals surface area contributed by atoms with Crippen molar-refractivity contribution in [2.45, 2.75) is 61.3 Å². The Bertz CT molecular complexity index is 447. The maximum absolute atomic E-state index is 9.75. The predicted molar refractivity (Wildman–Crippen MR) is 106 cm³/mol. The molecule has 2 rings (SSSR count). The second-order valence-corrected chi connectivity index (χ2v) is 7.27. The summed E-state index contributed by atoms with van der Waals surface area (Å²) in [5.74, 6) is 0. The fraction of sp³-hybridized carbons (Fsp3) is 1.00. The number of likely N-dealkylation sites (N-methyl/N-ethyl adjacent to an activating group) is 2. The summed E-state index contributed by atoms with van der Waals surface area (Å²) in [5, 5.41) is 16.1. The number of hydrogen-bond acceptors (Lipinski definition) is 11. The third-order valence-corrected chi connectivity index (χ3v) is 5.88. The molecule has 0 aliphatic carbocycles. The van der Waals surface area contributed by atoms with Gasteiger partial charge >= 0.3 is 0 Å². The molecule has 0 amide bonds. The Morgan fingerprint density at radius 3 is 1.57 bits per heavy atom. The first-order valence-corrected chi connectivity index (χ1v) is 10.1. The maximum atomic E-state index is 9.75. The minimum Gasteiger partial charge on any atom is -0.394 e. The Kier molecular flexibility index (Phi) is 10.8. The highest BCUT2D eigenvalue weighted by molar-refractivity contribution is 4.97. The first-order valence-electron chi connectivity index (χ1n) is 10.1. The van der Waals surface area contributed by atoms with Crippen molar-refractivity contribution in [2.24, 2.45) is 0 Å². The molecule has 2 aliphatic rings. The fourth-order valence-electron chi connectivity index (χ4n) is 4.36. The Balaban J connectivity index is 2.14. The highest BCUT2D eigenvalue weighted by Crippen LogP contribution is 2.29. The number of aliphatic hydroxyl groups excluding tert-OH is 1. The smallest absolute Gasteiger partial charge is 0.176 e. The van der Waals surface area contributed by atoms with E-state index in [2.05, 4.69) is 10.6 Å². The fourth-order valence-corrected chi connectivity index (χ4v) is 4.36. The van der Waals surface area contributed by atoms with E-state index in [9.17, 15) is 5.11 Å². The lowest BCUT2D eigenvalue weighted by atomic mass is 9.95. The van der Waals surface area contributed by atoms with E-state index < -0.39 is 37.0 Å². The van der Waals surface area contributed by atoms with Crippen molar-refractivity contribution in [1.29, 1.82) is 0 Å². The number of ether oxygens (including phenoxy) is 8. The zero-order valence-electron chi connectivity index (χ0n) is 18.9. The molecule has 0 spiro atoms. The van der Waals surface area contributed by atoms with Crippen LogP contribution in [0, 0.1) is 0 Å². The van der Waals surface area contributed by atoms with Crippen molar-refractivity contribution in [2.75, 3.05) is 62.9 Å². The highest BCUT2D eigenvalue weighted by atomic mass is 16.7. The van der Waals surface area contributed by atoms with Crippen LogP contribution in [-0.4, -0.2) is 129 Å². The summed E-state index contributed by atoms with van der Waals surface area (Å²) < 4.78 is 46.1. The zero-order valence-corrected chi connectivity index (χ0v) is 18.9. The predicted octanol–water partition coefficient (Wildman–Crippen LogP) is -1.67. The quantitative estimate of drug-likeness (QED) is 0.344. The second-order valence-electron chi connectivity index (χ2n) is 7.27. The molecule has 0 aromatic heterocycles. The van der Waals surface area contributed by atoms with Crippen molar-refractivity contribution in [1.82, 2.24) is 10.6 Å². The summed E-state index contributed by atoms with van der Waals surface area (Å²) in [4.78, 5) is 0. The van der Waals surface area contributed by atoms with E-state index in [-0.39, 0.29) is 37.5 Å². The molecule has 4 unspecified atom stereocenters. The largest absolute Gasteiger partial charge is 0.394 e. The summed E-state index contributed by atoms with van der Waals surface area (Å²) in [6, 6.07) is -0.537. The zero-order chi connectivity index (χ0) is 22.3. The molecular formula is C19H38N2O9. The van der Waals surface area contributed by atoms with E-state index >= 15 is 0 Å². The van der Waals surface area contributed by atoms with E-state index in [1.165, 1.54) is 0 Å². The molecule has 2 fully saturated rings. The van der Waals surface area contributed by atoms with Gasteiger partial charge in [0.2, 0.25) is 0 Å². The van der Waals surface area contributed by atoms with Crippen LogP contribution in [-0.2, 0) is 37.9 Å². The molecular weight excluding hydrogens is 400 g/mol. The lowest BCUT2D eigenvalue weighted by molar-refractivity contribution is -0.307. The molecule has 11 heteroatoms. The molecule has 10 atom stereocenters. The average molecular weight is 439 g/mol. The van der Waals surface area contributed by atoms with Crippen molar-refractivity contribution < 1.29 is 43.0 Å². The molecule has 0 bridgehead atoms. The topological polar surface area (TPSA) is 118 Å². The molecule has 0 radical (unpaired) electrons. The summed E-state index contributed by atoms with van der Waals surface area (Å²) in [6.45, 7) is -0.0691. The van der Waals surface area contributed by atoms with Crippen molar-refractivity contribution in [3.8, 4) is 0 Å². The molecule has 2 heterocycles. The van der Waals surface area contributed by atoms with Gasteiger partial charge in [0.15, 0.2) is 12.6 Å². The normalized spacial score (nSPS) is 42.4. The number of aliphatic hydroxyl groups is 1. The highest BCUT2D eigenvalue weighted by Gasteiger charge is 2.49. The van der Waals surface area contributed by atoms with Gasteiger partial charge in [-0.15, -0.1) is 0 Å². The maximum Gasteiger partial charge on any atom is 0.176 e. The number of hydrogen-bond donors (Lipinski definition) is 3. The van der Waals surface area contributed by atoms with E-state index in [1.54, 1.807) is 42.6 Å². The first-order chi connectivity index (χ1) is 14.5. The molecule has 0 saturated carbocycles. The van der Waals surface area contributed by atoms with Crippen LogP contribution in [0.1, 0.15) is 0 Å². The van der Waals surface area contributed by atoms with E-state index in [0.717, 1.165) is 0 Å². The van der Waals surface area contributed by atoms with E-state index in [1.807, 2.05) is 7.05 Å². The molecule has 0 aromatic carbocycles. The summed E-state index contributed by atoms with van der Waals surface area (Å²) in [5.41, 5.74) is 0. The van der Waals surface area contributed by atoms with Crippen LogP contribution in [0.15, 0.2) is 0 Å². The SMILES string of the molecule is CNC1[C@H](OC)OC(CO[C@@H]2OC(CO)[C@H](OC)[C@H](OC)C2NC)[C@H](OC)[C@@H]1OC. The Morgan fingerprint density at radius 1 is 0.667 bits per heavy atom. The van der Waals surface area contributed by atoms with Crippen LogP contribution >= 0.6 is 0 Å². The molecule has 0 aromatic rings. The third-order valence-electron chi connectivity index (χ3n) is 5.88. The van der Waals surface area contributed by atoms with E-state index in [0.29, 0.717) is 0 Å². The van der Waals surface area contributed by atoms with Crippen molar-refractivity contribution >= 4 is 0 Å². The van der Waals surface area contributed by atoms with Gasteiger partial charge in [0.1, 0.15) is 36.6 Å². The van der Waals surface area contributed by atoms with E-state index in [4.69, 9.17) is 37.9 Å². The van der Waals surface area contributed by atoms with Gasteiger partial charge in [-0.25, -0.2) is 0 Å². The minimum atomic E-state index is -0.700.